The smallest absolute Gasteiger partial charge is 0.137 e. The van der Waals surface area contributed by atoms with Crippen molar-refractivity contribution in [1.29, 1.82) is 0 Å². The third kappa shape index (κ3) is 6.28. The number of fused-ring (bicyclic) bond motifs is 1. The molecule has 2 atom stereocenters. The van der Waals surface area contributed by atoms with Crippen molar-refractivity contribution in [3.63, 3.8) is 0 Å². The SMILES string of the molecule is C=CC(Cc1cnc(C)[nH]1)NC(=C)c1cc2cc(C)cnc2[nH]1.CN1CCC(C)(F)C1. The first-order valence-electron chi connectivity index (χ1n) is 10.6. The number of H-pyrrole nitrogens is 2. The molecule has 4 heterocycles. The van der Waals surface area contributed by atoms with E-state index >= 15 is 0 Å². The molecule has 6 nitrogen and oxygen atoms in total. The lowest BCUT2D eigenvalue weighted by Gasteiger charge is -2.16. The van der Waals surface area contributed by atoms with E-state index in [4.69, 9.17) is 0 Å². The highest BCUT2D eigenvalue weighted by Crippen LogP contribution is 2.22. The van der Waals surface area contributed by atoms with Gasteiger partial charge in [-0.05, 0) is 51.9 Å². The summed E-state index contributed by atoms with van der Waals surface area (Å²) in [4.78, 5) is 17.2. The molecular weight excluding hydrogens is 391 g/mol. The number of pyridine rings is 1. The Morgan fingerprint density at radius 1 is 1.32 bits per heavy atom. The summed E-state index contributed by atoms with van der Waals surface area (Å²) in [7, 11) is 1.95. The second-order valence-corrected chi connectivity index (χ2v) is 8.70. The Hall–Kier alpha value is -2.93. The number of hydrogen-bond donors (Lipinski definition) is 3. The Bertz CT molecular complexity index is 1050. The Kier molecular flexibility index (Phi) is 6.95. The minimum atomic E-state index is -0.908. The summed E-state index contributed by atoms with van der Waals surface area (Å²) in [5, 5.41) is 4.48. The molecule has 3 aromatic heterocycles. The van der Waals surface area contributed by atoms with Gasteiger partial charge < -0.3 is 20.2 Å². The quantitative estimate of drug-likeness (QED) is 0.516. The van der Waals surface area contributed by atoms with Crippen LogP contribution in [0.15, 0.2) is 43.8 Å². The maximum Gasteiger partial charge on any atom is 0.137 e. The first-order valence-corrected chi connectivity index (χ1v) is 10.6. The van der Waals surface area contributed by atoms with E-state index in [1.165, 1.54) is 0 Å². The number of aromatic nitrogens is 4. The molecule has 3 aromatic rings. The summed E-state index contributed by atoms with van der Waals surface area (Å²) in [6.45, 7) is 15.2. The normalized spacial score (nSPS) is 19.6. The van der Waals surface area contributed by atoms with Gasteiger partial charge in [0.25, 0.3) is 0 Å². The maximum absolute atomic E-state index is 12.8. The van der Waals surface area contributed by atoms with Crippen LogP contribution >= 0.6 is 0 Å². The zero-order valence-corrected chi connectivity index (χ0v) is 18.9. The standard InChI is InChI=1S/C18H21N5.C6H12FN/c1-5-15(8-16-10-19-13(4)22-16)21-12(3)17-7-14-6-11(2)9-20-18(14)23-17;1-6(7)3-4-8(2)5-6/h5-7,9-10,15,21H,1,3,8H2,2,4H3,(H,19,22)(H,20,23);3-5H2,1-2H3. The summed E-state index contributed by atoms with van der Waals surface area (Å²) in [5.41, 5.74) is 3.93. The van der Waals surface area contributed by atoms with Crippen LogP contribution in [0.2, 0.25) is 0 Å². The van der Waals surface area contributed by atoms with Crippen molar-refractivity contribution >= 4 is 16.7 Å². The summed E-state index contributed by atoms with van der Waals surface area (Å²) < 4.78 is 12.8. The third-order valence-corrected chi connectivity index (χ3v) is 5.39. The first kappa shape index (κ1) is 22.7. The monoisotopic (exact) mass is 424 g/mol. The number of rotatable bonds is 6. The summed E-state index contributed by atoms with van der Waals surface area (Å²) in [6.07, 6.45) is 7.06. The molecule has 3 N–H and O–H groups in total. The van der Waals surface area contributed by atoms with Gasteiger partial charge in [0.15, 0.2) is 0 Å². The van der Waals surface area contributed by atoms with Crippen LogP contribution < -0.4 is 5.32 Å². The molecule has 0 amide bonds. The average molecular weight is 425 g/mol. The van der Waals surface area contributed by atoms with Gasteiger partial charge in [0.1, 0.15) is 17.1 Å². The van der Waals surface area contributed by atoms with Crippen LogP contribution in [-0.2, 0) is 6.42 Å². The fraction of sp³-hybridized carbons (Fsp3) is 0.417. The van der Waals surface area contributed by atoms with E-state index in [1.54, 1.807) is 6.92 Å². The van der Waals surface area contributed by atoms with Crippen LogP contribution in [0.3, 0.4) is 0 Å². The second-order valence-electron chi connectivity index (χ2n) is 8.70. The first-order chi connectivity index (χ1) is 14.6. The highest BCUT2D eigenvalue weighted by atomic mass is 19.1. The van der Waals surface area contributed by atoms with Crippen molar-refractivity contribution in [2.24, 2.45) is 0 Å². The molecule has 0 saturated carbocycles. The highest BCUT2D eigenvalue weighted by Gasteiger charge is 2.30. The van der Waals surface area contributed by atoms with Crippen molar-refractivity contribution in [3.05, 3.63) is 66.5 Å². The van der Waals surface area contributed by atoms with Gasteiger partial charge in [-0.25, -0.2) is 14.4 Å². The molecule has 166 valence electrons. The number of likely N-dealkylation sites (tertiary alicyclic amines) is 1. The topological polar surface area (TPSA) is 72.6 Å². The highest BCUT2D eigenvalue weighted by molar-refractivity contribution is 5.81. The van der Waals surface area contributed by atoms with Crippen molar-refractivity contribution < 1.29 is 4.39 Å². The van der Waals surface area contributed by atoms with Crippen molar-refractivity contribution in [3.8, 4) is 0 Å². The van der Waals surface area contributed by atoms with E-state index in [0.29, 0.717) is 13.0 Å². The number of imidazole rings is 1. The van der Waals surface area contributed by atoms with E-state index in [-0.39, 0.29) is 6.04 Å². The fourth-order valence-corrected chi connectivity index (χ4v) is 3.74. The van der Waals surface area contributed by atoms with Crippen LogP contribution in [0.4, 0.5) is 4.39 Å². The molecule has 2 unspecified atom stereocenters. The molecule has 0 radical (unpaired) electrons. The van der Waals surface area contributed by atoms with Crippen LogP contribution in [0, 0.1) is 13.8 Å². The van der Waals surface area contributed by atoms with Gasteiger partial charge in [-0.1, -0.05) is 12.7 Å². The molecular formula is C24H33FN6. The number of halogens is 1. The minimum Gasteiger partial charge on any atom is -0.377 e. The number of nitrogens with zero attached hydrogens (tertiary/aromatic N) is 3. The zero-order valence-electron chi connectivity index (χ0n) is 18.9. The summed E-state index contributed by atoms with van der Waals surface area (Å²) in [6, 6.07) is 4.24. The molecule has 7 heteroatoms. The van der Waals surface area contributed by atoms with Gasteiger partial charge in [-0.2, -0.15) is 0 Å². The van der Waals surface area contributed by atoms with E-state index in [1.807, 2.05) is 44.3 Å². The number of aryl methyl sites for hydroxylation is 2. The molecule has 0 spiro atoms. The maximum atomic E-state index is 12.8. The molecule has 31 heavy (non-hydrogen) atoms. The Morgan fingerprint density at radius 3 is 2.65 bits per heavy atom. The Labute approximate surface area is 183 Å². The van der Waals surface area contributed by atoms with Gasteiger partial charge in [0, 0.05) is 49.0 Å². The number of aromatic amines is 2. The number of alkyl halides is 1. The lowest BCUT2D eigenvalue weighted by Crippen LogP contribution is -2.27. The largest absolute Gasteiger partial charge is 0.377 e. The molecule has 1 saturated heterocycles. The predicted octanol–water partition coefficient (Wildman–Crippen LogP) is 4.31. The average Bonchev–Trinajstić information content (AvgIpc) is 3.39. The molecule has 1 aliphatic heterocycles. The molecule has 1 fully saturated rings. The summed E-state index contributed by atoms with van der Waals surface area (Å²) >= 11 is 0. The van der Waals surface area contributed by atoms with Crippen LogP contribution in [0.5, 0.6) is 0 Å². The van der Waals surface area contributed by atoms with Crippen LogP contribution in [-0.4, -0.2) is 56.7 Å². The Morgan fingerprint density at radius 2 is 2.10 bits per heavy atom. The summed E-state index contributed by atoms with van der Waals surface area (Å²) in [5.74, 6) is 0.915. The lowest BCUT2D eigenvalue weighted by molar-refractivity contribution is 0.198. The molecule has 0 aliphatic carbocycles. The van der Waals surface area contributed by atoms with Crippen molar-refractivity contribution in [2.45, 2.75) is 45.3 Å². The van der Waals surface area contributed by atoms with Gasteiger partial charge in [0.05, 0.1) is 11.4 Å². The molecule has 4 rings (SSSR count). The zero-order chi connectivity index (χ0) is 22.6. The van der Waals surface area contributed by atoms with E-state index < -0.39 is 5.67 Å². The number of hydrogen-bond acceptors (Lipinski definition) is 4. The second kappa shape index (κ2) is 9.47. The minimum absolute atomic E-state index is 0.0726. The van der Waals surface area contributed by atoms with E-state index in [2.05, 4.69) is 50.5 Å². The van der Waals surface area contributed by atoms with Crippen LogP contribution in [0.1, 0.15) is 36.1 Å². The molecule has 0 bridgehead atoms. The molecule has 1 aliphatic rings. The van der Waals surface area contributed by atoms with Crippen molar-refractivity contribution in [1.82, 2.24) is 30.2 Å². The van der Waals surface area contributed by atoms with Gasteiger partial charge >= 0.3 is 0 Å². The van der Waals surface area contributed by atoms with Gasteiger partial charge in [-0.3, -0.25) is 0 Å². The molecule has 0 aromatic carbocycles. The number of nitrogens with one attached hydrogen (secondary N) is 3. The van der Waals surface area contributed by atoms with Gasteiger partial charge in [0.2, 0.25) is 0 Å². The lowest BCUT2D eigenvalue weighted by atomic mass is 10.1. The van der Waals surface area contributed by atoms with Crippen LogP contribution in [0.25, 0.3) is 16.7 Å². The fourth-order valence-electron chi connectivity index (χ4n) is 3.74. The Balaban J connectivity index is 0.000000287. The van der Waals surface area contributed by atoms with Gasteiger partial charge in [-0.15, -0.1) is 6.58 Å². The van der Waals surface area contributed by atoms with E-state index in [9.17, 15) is 4.39 Å². The van der Waals surface area contributed by atoms with Crippen molar-refractivity contribution in [2.75, 3.05) is 20.1 Å². The third-order valence-electron chi connectivity index (χ3n) is 5.39. The predicted molar refractivity (Wildman–Crippen MR) is 126 cm³/mol. The van der Waals surface area contributed by atoms with E-state index in [0.717, 1.165) is 52.5 Å².